The molecule has 0 N–H and O–H groups in total. The van der Waals surface area contributed by atoms with Gasteiger partial charge in [0.25, 0.3) is 0 Å². The Balaban J connectivity index is 1.64. The van der Waals surface area contributed by atoms with Gasteiger partial charge in [-0.05, 0) is 43.7 Å². The fraction of sp³-hybridized carbons (Fsp3) is 0.611. The summed E-state index contributed by atoms with van der Waals surface area (Å²) in [5.74, 6) is 1.31. The maximum Gasteiger partial charge on any atom is 0.146 e. The highest BCUT2D eigenvalue weighted by molar-refractivity contribution is 8.00. The lowest BCUT2D eigenvalue weighted by atomic mass is 9.65. The van der Waals surface area contributed by atoms with E-state index < -0.39 is 0 Å². The van der Waals surface area contributed by atoms with Crippen molar-refractivity contribution in [2.75, 3.05) is 0 Å². The fourth-order valence-corrected chi connectivity index (χ4v) is 6.60. The second-order valence-corrected chi connectivity index (χ2v) is 8.45. The molecule has 3 aliphatic rings. The van der Waals surface area contributed by atoms with Gasteiger partial charge in [-0.15, -0.1) is 11.8 Å². The SMILES string of the molecule is C[C@]12C[C@H]3CCCC[C@@]3(C[C@H]1Sc1ccccc1)C2=O. The molecule has 1 nitrogen and oxygen atoms in total. The lowest BCUT2D eigenvalue weighted by molar-refractivity contribution is -0.130. The largest absolute Gasteiger partial charge is 0.298 e. The zero-order chi connectivity index (χ0) is 13.8. The van der Waals surface area contributed by atoms with Gasteiger partial charge in [-0.1, -0.05) is 38.0 Å². The Morgan fingerprint density at radius 2 is 1.95 bits per heavy atom. The quantitative estimate of drug-likeness (QED) is 0.783. The number of thioether (sulfide) groups is 1. The Bertz CT molecular complexity index is 540. The Hall–Kier alpha value is -0.760. The Morgan fingerprint density at radius 3 is 2.75 bits per heavy atom. The first kappa shape index (κ1) is 12.9. The van der Waals surface area contributed by atoms with Gasteiger partial charge >= 0.3 is 0 Å². The predicted octanol–water partition coefficient (Wildman–Crippen LogP) is 4.71. The molecule has 0 radical (unpaired) electrons. The molecule has 0 unspecified atom stereocenters. The third kappa shape index (κ3) is 1.60. The van der Waals surface area contributed by atoms with E-state index in [2.05, 4.69) is 37.3 Å². The molecule has 1 spiro atoms. The molecule has 0 heterocycles. The van der Waals surface area contributed by atoms with Gasteiger partial charge in [0.1, 0.15) is 5.78 Å². The van der Waals surface area contributed by atoms with Crippen molar-refractivity contribution < 1.29 is 4.79 Å². The summed E-state index contributed by atoms with van der Waals surface area (Å²) >= 11 is 1.95. The summed E-state index contributed by atoms with van der Waals surface area (Å²) in [5.41, 5.74) is 0.00889. The van der Waals surface area contributed by atoms with Crippen LogP contribution in [0.5, 0.6) is 0 Å². The number of hydrogen-bond donors (Lipinski definition) is 0. The van der Waals surface area contributed by atoms with Crippen LogP contribution in [0, 0.1) is 16.7 Å². The van der Waals surface area contributed by atoms with E-state index in [9.17, 15) is 4.79 Å². The number of benzene rings is 1. The summed E-state index contributed by atoms with van der Waals surface area (Å²) in [5, 5.41) is 0.492. The number of rotatable bonds is 2. The summed E-state index contributed by atoms with van der Waals surface area (Å²) in [7, 11) is 0. The van der Waals surface area contributed by atoms with E-state index in [4.69, 9.17) is 0 Å². The third-order valence-corrected chi connectivity index (χ3v) is 7.65. The van der Waals surface area contributed by atoms with Crippen molar-refractivity contribution in [1.29, 1.82) is 0 Å². The van der Waals surface area contributed by atoms with Crippen LogP contribution in [0.15, 0.2) is 35.2 Å². The topological polar surface area (TPSA) is 17.1 Å². The first-order chi connectivity index (χ1) is 9.65. The van der Waals surface area contributed by atoms with Gasteiger partial charge in [0.2, 0.25) is 0 Å². The number of fused-ring (bicyclic) bond motifs is 1. The number of ketones is 1. The Kier molecular flexibility index (Phi) is 2.82. The molecule has 3 fully saturated rings. The molecule has 1 aromatic carbocycles. The summed E-state index contributed by atoms with van der Waals surface area (Å²) < 4.78 is 0. The monoisotopic (exact) mass is 286 g/mol. The smallest absolute Gasteiger partial charge is 0.146 e. The van der Waals surface area contributed by atoms with Crippen LogP contribution in [0.2, 0.25) is 0 Å². The van der Waals surface area contributed by atoms with Crippen molar-refractivity contribution in [2.24, 2.45) is 16.7 Å². The fourth-order valence-electron chi connectivity index (χ4n) is 5.11. The van der Waals surface area contributed by atoms with Gasteiger partial charge in [0, 0.05) is 21.0 Å². The number of hydrogen-bond acceptors (Lipinski definition) is 2. The first-order valence-corrected chi connectivity index (χ1v) is 8.80. The van der Waals surface area contributed by atoms with Crippen LogP contribution in [0.25, 0.3) is 0 Å². The molecule has 3 saturated carbocycles. The molecule has 0 saturated heterocycles. The highest BCUT2D eigenvalue weighted by Crippen LogP contribution is 2.68. The molecule has 2 heteroatoms. The lowest BCUT2D eigenvalue weighted by Crippen LogP contribution is -2.34. The minimum Gasteiger partial charge on any atom is -0.298 e. The Morgan fingerprint density at radius 1 is 1.15 bits per heavy atom. The molecule has 1 aromatic rings. The van der Waals surface area contributed by atoms with Crippen LogP contribution in [-0.4, -0.2) is 11.0 Å². The van der Waals surface area contributed by atoms with E-state index in [1.54, 1.807) is 0 Å². The van der Waals surface area contributed by atoms with Crippen LogP contribution in [0.4, 0.5) is 0 Å². The van der Waals surface area contributed by atoms with Gasteiger partial charge in [-0.2, -0.15) is 0 Å². The summed E-state index contributed by atoms with van der Waals surface area (Å²) in [4.78, 5) is 14.4. The minimum atomic E-state index is -0.0600. The first-order valence-electron chi connectivity index (χ1n) is 7.92. The molecule has 2 bridgehead atoms. The van der Waals surface area contributed by atoms with Crippen molar-refractivity contribution in [1.82, 2.24) is 0 Å². The lowest BCUT2D eigenvalue weighted by Gasteiger charge is -2.40. The van der Waals surface area contributed by atoms with E-state index in [1.807, 2.05) is 11.8 Å². The van der Waals surface area contributed by atoms with Gasteiger partial charge in [0.05, 0.1) is 0 Å². The third-order valence-electron chi connectivity index (χ3n) is 6.13. The van der Waals surface area contributed by atoms with E-state index >= 15 is 0 Å². The van der Waals surface area contributed by atoms with Crippen molar-refractivity contribution in [3.63, 3.8) is 0 Å². The van der Waals surface area contributed by atoms with Gasteiger partial charge < -0.3 is 0 Å². The van der Waals surface area contributed by atoms with Crippen LogP contribution in [-0.2, 0) is 4.79 Å². The highest BCUT2D eigenvalue weighted by Gasteiger charge is 2.68. The van der Waals surface area contributed by atoms with E-state index in [-0.39, 0.29) is 10.8 Å². The van der Waals surface area contributed by atoms with Crippen molar-refractivity contribution in [3.05, 3.63) is 30.3 Å². The minimum absolute atomic E-state index is 0.0600. The van der Waals surface area contributed by atoms with Gasteiger partial charge in [0.15, 0.2) is 0 Å². The molecule has 0 aromatic heterocycles. The second kappa shape index (κ2) is 4.37. The average molecular weight is 286 g/mol. The van der Waals surface area contributed by atoms with Crippen molar-refractivity contribution in [3.8, 4) is 0 Å². The molecule has 0 amide bonds. The highest BCUT2D eigenvalue weighted by atomic mass is 32.2. The maximum absolute atomic E-state index is 13.0. The van der Waals surface area contributed by atoms with Crippen LogP contribution < -0.4 is 0 Å². The number of carbonyl (C=O) groups excluding carboxylic acids is 1. The molecule has 4 rings (SSSR count). The van der Waals surface area contributed by atoms with Gasteiger partial charge in [-0.25, -0.2) is 0 Å². The summed E-state index contributed by atoms with van der Waals surface area (Å²) in [6, 6.07) is 10.6. The molecular formula is C18H22OS. The van der Waals surface area contributed by atoms with E-state index in [0.29, 0.717) is 17.0 Å². The van der Waals surface area contributed by atoms with Crippen LogP contribution in [0.1, 0.15) is 45.4 Å². The second-order valence-electron chi connectivity index (χ2n) is 7.17. The molecular weight excluding hydrogens is 264 g/mol. The van der Waals surface area contributed by atoms with Crippen LogP contribution >= 0.6 is 11.8 Å². The normalized spacial score (nSPS) is 42.8. The molecule has 106 valence electrons. The zero-order valence-electron chi connectivity index (χ0n) is 12.1. The standard InChI is InChI=1S/C18H22OS/c1-17-11-13-7-5-6-10-18(13,16(17)19)12-15(17)20-14-8-3-2-4-9-14/h2-4,8-9,13,15H,5-7,10-12H2,1H3/t13-,15-,17+,18+/m1/s1. The van der Waals surface area contributed by atoms with Crippen molar-refractivity contribution >= 4 is 17.5 Å². The molecule has 4 atom stereocenters. The predicted molar refractivity (Wildman–Crippen MR) is 82.8 cm³/mol. The number of Topliss-reactive ketones (excluding diaryl/α,β-unsaturated/α-hetero) is 1. The average Bonchev–Trinajstić information content (AvgIpc) is 2.81. The zero-order valence-corrected chi connectivity index (χ0v) is 12.9. The van der Waals surface area contributed by atoms with E-state index in [0.717, 1.165) is 19.3 Å². The summed E-state index contributed by atoms with van der Waals surface area (Å²) in [6.07, 6.45) is 7.35. The maximum atomic E-state index is 13.0. The molecule has 20 heavy (non-hydrogen) atoms. The van der Waals surface area contributed by atoms with Crippen LogP contribution in [0.3, 0.4) is 0 Å². The summed E-state index contributed by atoms with van der Waals surface area (Å²) in [6.45, 7) is 2.25. The van der Waals surface area contributed by atoms with E-state index in [1.165, 1.54) is 24.2 Å². The van der Waals surface area contributed by atoms with Gasteiger partial charge in [-0.3, -0.25) is 4.79 Å². The molecule has 3 aliphatic carbocycles. The number of carbonyl (C=O) groups is 1. The Labute approximate surface area is 125 Å². The van der Waals surface area contributed by atoms with Crippen molar-refractivity contribution in [2.45, 2.75) is 55.6 Å². The molecule has 0 aliphatic heterocycles.